The van der Waals surface area contributed by atoms with Crippen molar-refractivity contribution >= 4 is 17.0 Å². The number of tetrazole rings is 1. The van der Waals surface area contributed by atoms with E-state index < -0.39 is 0 Å². The van der Waals surface area contributed by atoms with Gasteiger partial charge in [-0.1, -0.05) is 25.1 Å². The number of rotatable bonds is 9. The van der Waals surface area contributed by atoms with E-state index in [0.717, 1.165) is 23.4 Å². The van der Waals surface area contributed by atoms with Crippen molar-refractivity contribution in [2.24, 2.45) is 0 Å². The Morgan fingerprint density at radius 2 is 1.86 bits per heavy atom. The molecule has 0 saturated heterocycles. The number of H-pyrrole nitrogens is 1. The molecule has 3 heterocycles. The predicted octanol–water partition coefficient (Wildman–Crippen LogP) is 4.19. The standard InChI is InChI=1S/C26H27N7O3/c1-4-17-14-22(24-28-30-31-29-24)32(15-17)19-12-10-18(11-13-19)16-33-23-20(25(34)35-5-2)8-7-9-21(23)27-26(33)36-6-3/h7-15H,4-6,16H2,1-3H3,(H,28,29,30,31). The molecule has 0 bridgehead atoms. The Labute approximate surface area is 207 Å². The van der Waals surface area contributed by atoms with Gasteiger partial charge in [-0.2, -0.15) is 4.98 Å². The lowest BCUT2D eigenvalue weighted by Crippen LogP contribution is -2.10. The molecule has 0 atom stereocenters. The number of carbonyl (C=O) groups is 1. The summed E-state index contributed by atoms with van der Waals surface area (Å²) in [5, 5.41) is 14.4. The third-order valence-corrected chi connectivity index (χ3v) is 5.93. The molecule has 0 spiro atoms. The van der Waals surface area contributed by atoms with Gasteiger partial charge in [0.25, 0.3) is 6.01 Å². The fraction of sp³-hybridized carbons (Fsp3) is 0.269. The van der Waals surface area contributed by atoms with Crippen LogP contribution in [0.25, 0.3) is 28.2 Å². The average Bonchev–Trinajstić information content (AvgIpc) is 3.64. The number of nitrogens with zero attached hydrogens (tertiary/aromatic N) is 6. The highest BCUT2D eigenvalue weighted by Gasteiger charge is 2.20. The summed E-state index contributed by atoms with van der Waals surface area (Å²) in [6, 6.07) is 16.2. The Morgan fingerprint density at radius 1 is 1.03 bits per heavy atom. The third-order valence-electron chi connectivity index (χ3n) is 5.93. The van der Waals surface area contributed by atoms with E-state index in [2.05, 4.69) is 61.5 Å². The lowest BCUT2D eigenvalue weighted by molar-refractivity contribution is 0.0528. The quantitative estimate of drug-likeness (QED) is 0.311. The molecule has 0 fully saturated rings. The third kappa shape index (κ3) is 4.33. The van der Waals surface area contributed by atoms with Gasteiger partial charge >= 0.3 is 5.97 Å². The van der Waals surface area contributed by atoms with Crippen LogP contribution in [0.2, 0.25) is 0 Å². The highest BCUT2D eigenvalue weighted by Crippen LogP contribution is 2.28. The minimum atomic E-state index is -0.378. The summed E-state index contributed by atoms with van der Waals surface area (Å²) in [7, 11) is 0. The fourth-order valence-corrected chi connectivity index (χ4v) is 4.24. The van der Waals surface area contributed by atoms with E-state index in [1.807, 2.05) is 29.7 Å². The van der Waals surface area contributed by atoms with Gasteiger partial charge in [-0.05, 0) is 72.2 Å². The maximum absolute atomic E-state index is 12.7. The van der Waals surface area contributed by atoms with E-state index in [0.29, 0.717) is 48.2 Å². The van der Waals surface area contributed by atoms with Crippen molar-refractivity contribution in [3.63, 3.8) is 0 Å². The van der Waals surface area contributed by atoms with Gasteiger partial charge in [-0.3, -0.25) is 4.57 Å². The van der Waals surface area contributed by atoms with Crippen LogP contribution in [-0.4, -0.2) is 53.9 Å². The summed E-state index contributed by atoms with van der Waals surface area (Å²) in [4.78, 5) is 17.3. The van der Waals surface area contributed by atoms with Crippen molar-refractivity contribution in [2.45, 2.75) is 33.7 Å². The molecule has 2 aromatic carbocycles. The Hall–Kier alpha value is -4.47. The van der Waals surface area contributed by atoms with Gasteiger partial charge in [0.15, 0.2) is 5.82 Å². The molecule has 184 valence electrons. The molecule has 3 aromatic heterocycles. The molecule has 1 N–H and O–H groups in total. The van der Waals surface area contributed by atoms with Gasteiger partial charge in [-0.15, -0.1) is 5.10 Å². The first kappa shape index (κ1) is 23.3. The first-order chi connectivity index (χ1) is 17.6. The van der Waals surface area contributed by atoms with E-state index >= 15 is 0 Å². The second kappa shape index (κ2) is 10.0. The van der Waals surface area contributed by atoms with E-state index in [1.165, 1.54) is 5.56 Å². The number of esters is 1. The summed E-state index contributed by atoms with van der Waals surface area (Å²) >= 11 is 0. The second-order valence-electron chi connectivity index (χ2n) is 8.18. The molecule has 10 heteroatoms. The zero-order chi connectivity index (χ0) is 25.1. The Kier molecular flexibility index (Phi) is 6.48. The van der Waals surface area contributed by atoms with Crippen LogP contribution in [0.5, 0.6) is 6.01 Å². The Balaban J connectivity index is 1.52. The van der Waals surface area contributed by atoms with Gasteiger partial charge in [0.05, 0.1) is 42.0 Å². The van der Waals surface area contributed by atoms with Crippen molar-refractivity contribution in [3.8, 4) is 23.2 Å². The first-order valence-corrected chi connectivity index (χ1v) is 12.0. The van der Waals surface area contributed by atoms with Crippen LogP contribution in [-0.2, 0) is 17.7 Å². The van der Waals surface area contributed by atoms with Crippen LogP contribution in [0.15, 0.2) is 54.7 Å². The number of aryl methyl sites for hydroxylation is 1. The molecule has 5 rings (SSSR count). The lowest BCUT2D eigenvalue weighted by atomic mass is 10.1. The number of nitrogens with one attached hydrogen (secondary N) is 1. The predicted molar refractivity (Wildman–Crippen MR) is 134 cm³/mol. The molecule has 0 amide bonds. The van der Waals surface area contributed by atoms with Crippen LogP contribution >= 0.6 is 0 Å². The zero-order valence-electron chi connectivity index (χ0n) is 20.4. The molecule has 0 aliphatic carbocycles. The number of carbonyl (C=O) groups excluding carboxylic acids is 1. The zero-order valence-corrected chi connectivity index (χ0v) is 20.4. The molecular formula is C26H27N7O3. The topological polar surface area (TPSA) is 113 Å². The summed E-state index contributed by atoms with van der Waals surface area (Å²) in [5.41, 5.74) is 5.94. The molecule has 0 aliphatic rings. The molecule has 0 unspecified atom stereocenters. The number of imidazole rings is 1. The van der Waals surface area contributed by atoms with Crippen LogP contribution in [0.3, 0.4) is 0 Å². The van der Waals surface area contributed by atoms with Crippen LogP contribution in [0.4, 0.5) is 0 Å². The van der Waals surface area contributed by atoms with Crippen molar-refractivity contribution in [3.05, 3.63) is 71.4 Å². The van der Waals surface area contributed by atoms with Gasteiger partial charge in [0, 0.05) is 11.9 Å². The normalized spacial score (nSPS) is 11.2. The largest absolute Gasteiger partial charge is 0.465 e. The highest BCUT2D eigenvalue weighted by molar-refractivity contribution is 6.02. The Bertz CT molecular complexity index is 1480. The number of hydrogen-bond acceptors (Lipinski definition) is 7. The fourth-order valence-electron chi connectivity index (χ4n) is 4.24. The van der Waals surface area contributed by atoms with Gasteiger partial charge in [-0.25, -0.2) is 9.89 Å². The van der Waals surface area contributed by atoms with Crippen molar-refractivity contribution in [2.75, 3.05) is 13.2 Å². The van der Waals surface area contributed by atoms with Gasteiger partial charge < -0.3 is 14.0 Å². The number of hydrogen-bond donors (Lipinski definition) is 1. The number of aromatic amines is 1. The number of benzene rings is 2. The monoisotopic (exact) mass is 485 g/mol. The molecule has 5 aromatic rings. The Morgan fingerprint density at radius 3 is 2.56 bits per heavy atom. The first-order valence-electron chi connectivity index (χ1n) is 12.0. The number of fused-ring (bicyclic) bond motifs is 1. The summed E-state index contributed by atoms with van der Waals surface area (Å²) < 4.78 is 15.1. The average molecular weight is 486 g/mol. The number of ether oxygens (including phenoxy) is 2. The summed E-state index contributed by atoms with van der Waals surface area (Å²) in [5.74, 6) is 0.230. The maximum Gasteiger partial charge on any atom is 0.340 e. The molecule has 0 saturated carbocycles. The molecular weight excluding hydrogens is 458 g/mol. The molecule has 0 radical (unpaired) electrons. The smallest absolute Gasteiger partial charge is 0.340 e. The van der Waals surface area contributed by atoms with Gasteiger partial charge in [0.2, 0.25) is 0 Å². The van der Waals surface area contributed by atoms with E-state index in [-0.39, 0.29) is 5.97 Å². The summed E-state index contributed by atoms with van der Waals surface area (Å²) in [6.07, 6.45) is 2.99. The minimum absolute atomic E-state index is 0.300. The lowest BCUT2D eigenvalue weighted by Gasteiger charge is -2.13. The van der Waals surface area contributed by atoms with E-state index in [4.69, 9.17) is 9.47 Å². The van der Waals surface area contributed by atoms with E-state index in [1.54, 1.807) is 19.1 Å². The van der Waals surface area contributed by atoms with Crippen molar-refractivity contribution in [1.29, 1.82) is 0 Å². The van der Waals surface area contributed by atoms with Gasteiger partial charge in [0.1, 0.15) is 0 Å². The molecule has 10 nitrogen and oxygen atoms in total. The van der Waals surface area contributed by atoms with Crippen LogP contribution < -0.4 is 4.74 Å². The number of aromatic nitrogens is 7. The van der Waals surface area contributed by atoms with Crippen LogP contribution in [0, 0.1) is 0 Å². The van der Waals surface area contributed by atoms with E-state index in [9.17, 15) is 4.79 Å². The maximum atomic E-state index is 12.7. The SMILES string of the molecule is CCOC(=O)c1cccc2nc(OCC)n(Cc3ccc(-n4cc(CC)cc4-c4nnn[nH]4)cc3)c12. The molecule has 36 heavy (non-hydrogen) atoms. The van der Waals surface area contributed by atoms with Crippen LogP contribution in [0.1, 0.15) is 42.3 Å². The van der Waals surface area contributed by atoms with Crippen molar-refractivity contribution in [1.82, 2.24) is 34.7 Å². The number of para-hydroxylation sites is 1. The summed E-state index contributed by atoms with van der Waals surface area (Å²) in [6.45, 7) is 7.06. The van der Waals surface area contributed by atoms with Crippen molar-refractivity contribution < 1.29 is 14.3 Å². The highest BCUT2D eigenvalue weighted by atomic mass is 16.5. The second-order valence-corrected chi connectivity index (χ2v) is 8.18. The minimum Gasteiger partial charge on any atom is -0.465 e. The molecule has 0 aliphatic heterocycles.